The Morgan fingerprint density at radius 3 is 2.68 bits per heavy atom. The molecule has 3 heterocycles. The van der Waals surface area contributed by atoms with Crippen LogP contribution in [0, 0.1) is 5.41 Å². The number of carboxylic acids is 1. The van der Waals surface area contributed by atoms with Gasteiger partial charge in [-0.25, -0.2) is 9.59 Å². The molecular formula is C34H39N3O4. The molecule has 0 bridgehead atoms. The summed E-state index contributed by atoms with van der Waals surface area (Å²) in [5.74, 6) is -0.354. The Kier molecular flexibility index (Phi) is 6.79. The van der Waals surface area contributed by atoms with Crippen molar-refractivity contribution in [3.8, 4) is 0 Å². The zero-order chi connectivity index (χ0) is 28.9. The smallest absolute Gasteiger partial charge is 0.407 e. The maximum atomic E-state index is 12.5. The van der Waals surface area contributed by atoms with Gasteiger partial charge in [-0.05, 0) is 81.7 Å². The van der Waals surface area contributed by atoms with Crippen molar-refractivity contribution >= 4 is 41.0 Å². The lowest BCUT2D eigenvalue weighted by atomic mass is 9.79. The van der Waals surface area contributed by atoms with E-state index in [1.54, 1.807) is 6.08 Å². The number of nitrogens with one attached hydrogen (secondary N) is 1. The van der Waals surface area contributed by atoms with Crippen molar-refractivity contribution in [3.05, 3.63) is 70.1 Å². The average molecular weight is 554 g/mol. The minimum absolute atomic E-state index is 0.292. The molecule has 4 aliphatic rings. The summed E-state index contributed by atoms with van der Waals surface area (Å²) >= 11 is 0. The molecule has 1 unspecified atom stereocenters. The molecule has 1 aromatic heterocycles. The van der Waals surface area contributed by atoms with E-state index in [0.29, 0.717) is 30.9 Å². The second-order valence-corrected chi connectivity index (χ2v) is 13.0. The number of carbonyl (C=O) groups excluding carboxylic acids is 1. The van der Waals surface area contributed by atoms with Crippen molar-refractivity contribution in [2.75, 3.05) is 6.54 Å². The number of alkyl carbamates (subject to hydrolysis) is 1. The number of ether oxygens (including phenoxy) is 1. The molecule has 0 radical (unpaired) electrons. The van der Waals surface area contributed by atoms with Gasteiger partial charge in [0.2, 0.25) is 0 Å². The number of benzene rings is 1. The molecule has 214 valence electrons. The summed E-state index contributed by atoms with van der Waals surface area (Å²) in [7, 11) is 0. The number of aromatic nitrogens is 1. The first-order chi connectivity index (χ1) is 19.5. The van der Waals surface area contributed by atoms with E-state index in [1.165, 1.54) is 37.7 Å². The summed E-state index contributed by atoms with van der Waals surface area (Å²) in [6.07, 6.45) is 14.9. The van der Waals surface area contributed by atoms with Gasteiger partial charge >= 0.3 is 12.1 Å². The Morgan fingerprint density at radius 1 is 1.17 bits per heavy atom. The van der Waals surface area contributed by atoms with Crippen LogP contribution in [0.1, 0.15) is 89.8 Å². The molecule has 6 rings (SSSR count). The summed E-state index contributed by atoms with van der Waals surface area (Å²) < 4.78 is 7.58. The minimum atomic E-state index is -0.941. The number of amides is 1. The zero-order valence-corrected chi connectivity index (χ0v) is 24.4. The number of fused-ring (bicyclic) bond motifs is 6. The quantitative estimate of drug-likeness (QED) is 0.399. The number of aliphatic imine (C=N–C) groups is 1. The Balaban J connectivity index is 1.43. The molecule has 2 aliphatic carbocycles. The lowest BCUT2D eigenvalue weighted by Gasteiger charge is -2.25. The van der Waals surface area contributed by atoms with Crippen molar-refractivity contribution in [3.63, 3.8) is 0 Å². The number of hydrogen-bond donors (Lipinski definition) is 2. The fourth-order valence-corrected chi connectivity index (χ4v) is 6.74. The maximum Gasteiger partial charge on any atom is 0.407 e. The molecule has 1 amide bonds. The van der Waals surface area contributed by atoms with Gasteiger partial charge < -0.3 is 19.7 Å². The van der Waals surface area contributed by atoms with Crippen molar-refractivity contribution in [2.24, 2.45) is 10.4 Å². The number of aliphatic carboxylic acids is 1. The van der Waals surface area contributed by atoms with E-state index >= 15 is 0 Å². The minimum Gasteiger partial charge on any atom is -0.478 e. The molecule has 1 atom stereocenters. The van der Waals surface area contributed by atoms with Crippen molar-refractivity contribution in [2.45, 2.75) is 84.2 Å². The number of allylic oxidation sites excluding steroid dienone is 4. The number of rotatable bonds is 5. The van der Waals surface area contributed by atoms with Crippen LogP contribution in [0.5, 0.6) is 0 Å². The number of carbonyl (C=O) groups is 2. The lowest BCUT2D eigenvalue weighted by Crippen LogP contribution is -2.35. The first-order valence-electron chi connectivity index (χ1n) is 14.8. The summed E-state index contributed by atoms with van der Waals surface area (Å²) in [5.41, 5.74) is 6.13. The number of nitrogens with zero attached hydrogens (tertiary/aromatic N) is 2. The van der Waals surface area contributed by atoms with Crippen LogP contribution in [-0.4, -0.2) is 40.1 Å². The predicted molar refractivity (Wildman–Crippen MR) is 163 cm³/mol. The summed E-state index contributed by atoms with van der Waals surface area (Å²) in [6, 6.07) is 8.92. The normalized spacial score (nSPS) is 22.3. The highest BCUT2D eigenvalue weighted by Gasteiger charge is 2.39. The van der Waals surface area contributed by atoms with Crippen molar-refractivity contribution < 1.29 is 19.4 Å². The molecule has 1 fully saturated rings. The van der Waals surface area contributed by atoms with E-state index in [-0.39, 0.29) is 0 Å². The Hall–Kier alpha value is -3.87. The largest absolute Gasteiger partial charge is 0.478 e. The molecule has 0 saturated heterocycles. The highest BCUT2D eigenvalue weighted by molar-refractivity contribution is 6.07. The van der Waals surface area contributed by atoms with E-state index < -0.39 is 23.1 Å². The topological polar surface area (TPSA) is 92.9 Å². The molecule has 7 heteroatoms. The fraction of sp³-hybridized carbons (Fsp3) is 0.441. The lowest BCUT2D eigenvalue weighted by molar-refractivity contribution is -0.132. The van der Waals surface area contributed by atoms with Crippen molar-refractivity contribution in [1.29, 1.82) is 0 Å². The summed E-state index contributed by atoms with van der Waals surface area (Å²) in [4.78, 5) is 29.7. The molecule has 7 nitrogen and oxygen atoms in total. The molecule has 1 aromatic carbocycles. The Bertz CT molecular complexity index is 1590. The van der Waals surface area contributed by atoms with Gasteiger partial charge in [0.15, 0.2) is 0 Å². The second kappa shape index (κ2) is 10.2. The van der Waals surface area contributed by atoms with E-state index in [0.717, 1.165) is 39.0 Å². The van der Waals surface area contributed by atoms with Gasteiger partial charge in [0.05, 0.1) is 22.5 Å². The van der Waals surface area contributed by atoms with E-state index in [4.69, 9.17) is 9.73 Å². The van der Waals surface area contributed by atoms with Crippen LogP contribution in [0.15, 0.2) is 63.8 Å². The van der Waals surface area contributed by atoms with Gasteiger partial charge in [-0.15, -0.1) is 0 Å². The molecule has 41 heavy (non-hydrogen) atoms. The first-order valence-corrected chi connectivity index (χ1v) is 14.8. The fourth-order valence-electron chi connectivity index (χ4n) is 6.74. The third kappa shape index (κ3) is 5.07. The standard InChI is InChI=1S/C34H39N3O4/c1-33(2,3)41-32(40)35-16-15-34(4)20-36-30-24-11-8-12-25(31(38)39)29(24)28-18-23-17-22(21-9-6-5-7-10-21)13-14-27(23)37(28)19-26(30)34/h8,12-14,17-21H,5-7,9-11,15-16H2,1-4H3,(H,35,40)(H,38,39). The van der Waals surface area contributed by atoms with E-state index in [2.05, 4.69) is 47.3 Å². The maximum absolute atomic E-state index is 12.5. The Morgan fingerprint density at radius 2 is 1.95 bits per heavy atom. The van der Waals surface area contributed by atoms with Gasteiger partial charge in [-0.1, -0.05) is 44.4 Å². The number of carboxylic acid groups (broad SMARTS) is 1. The molecular weight excluding hydrogens is 514 g/mol. The highest BCUT2D eigenvalue weighted by Crippen LogP contribution is 2.49. The van der Waals surface area contributed by atoms with Gasteiger partial charge in [-0.2, -0.15) is 0 Å². The van der Waals surface area contributed by atoms with Crippen molar-refractivity contribution in [1.82, 2.24) is 9.88 Å². The molecule has 2 N–H and O–H groups in total. The SMILES string of the molecule is CC(C)(C)OC(=O)NCCC1(C)C=NC2=C3CC=CC(C(=O)O)=C3c3cc4cc(C5CCCCC5)ccc4n3C=C21. The van der Waals surface area contributed by atoms with Gasteiger partial charge in [-0.3, -0.25) is 4.99 Å². The summed E-state index contributed by atoms with van der Waals surface area (Å²) in [5, 5.41) is 14.2. The van der Waals surface area contributed by atoms with Crippen LogP contribution in [-0.2, 0) is 9.53 Å². The molecule has 2 aliphatic heterocycles. The second-order valence-electron chi connectivity index (χ2n) is 13.0. The van der Waals surface area contributed by atoms with Gasteiger partial charge in [0.1, 0.15) is 5.60 Å². The average Bonchev–Trinajstić information content (AvgIpc) is 3.40. The van der Waals surface area contributed by atoms with Crippen LogP contribution >= 0.6 is 0 Å². The van der Waals surface area contributed by atoms with Crippen LogP contribution in [0.2, 0.25) is 0 Å². The van der Waals surface area contributed by atoms with Gasteiger partial charge in [0.25, 0.3) is 0 Å². The van der Waals surface area contributed by atoms with Gasteiger partial charge in [0, 0.05) is 40.9 Å². The third-order valence-electron chi connectivity index (χ3n) is 8.81. The van der Waals surface area contributed by atoms with Crippen LogP contribution in [0.3, 0.4) is 0 Å². The first kappa shape index (κ1) is 27.3. The Labute approximate surface area is 241 Å². The molecule has 1 saturated carbocycles. The van der Waals surface area contributed by atoms with Crippen LogP contribution < -0.4 is 5.32 Å². The number of hydrogen-bond acceptors (Lipinski definition) is 4. The van der Waals surface area contributed by atoms with Crippen LogP contribution in [0.25, 0.3) is 22.7 Å². The summed E-state index contributed by atoms with van der Waals surface area (Å²) in [6.45, 7) is 8.09. The van der Waals surface area contributed by atoms with Crippen LogP contribution in [0.4, 0.5) is 4.79 Å². The third-order valence-corrected chi connectivity index (χ3v) is 8.81. The molecule has 0 spiro atoms. The highest BCUT2D eigenvalue weighted by atomic mass is 16.6. The predicted octanol–water partition coefficient (Wildman–Crippen LogP) is 7.60. The van der Waals surface area contributed by atoms with E-state index in [1.807, 2.05) is 33.1 Å². The van der Waals surface area contributed by atoms with E-state index in [9.17, 15) is 14.7 Å². The monoisotopic (exact) mass is 553 g/mol. The molecule has 2 aromatic rings. The zero-order valence-electron chi connectivity index (χ0n) is 24.4.